The maximum atomic E-state index is 12.1. The molecule has 0 aliphatic heterocycles. The maximum Gasteiger partial charge on any atom is 0.222 e. The molecule has 3 unspecified atom stereocenters. The molecular formula is C14H22N2O3S2. The lowest BCUT2D eigenvalue weighted by Crippen LogP contribution is -2.42. The third-order valence-electron chi connectivity index (χ3n) is 3.08. The van der Waals surface area contributed by atoms with Crippen molar-refractivity contribution < 1.29 is 14.7 Å². The van der Waals surface area contributed by atoms with Gasteiger partial charge in [0.15, 0.2) is 0 Å². The first-order valence-electron chi connectivity index (χ1n) is 6.71. The number of aliphatic hydroxyl groups excluding tert-OH is 1. The standard InChI is InChI=1S/C14H22N2O3S2/c1-9(13(8-17)20-3)15-14(19)7-11(16-10(2)18)12-5-4-6-21-12/h4-6,9,11,13,17H,7-8H2,1-3H3,(H,15,19)(H,16,18). The number of hydrogen-bond donors (Lipinski definition) is 3. The SMILES string of the molecule is CSC(CO)C(C)NC(=O)CC(NC(C)=O)c1cccs1. The number of carbonyl (C=O) groups is 2. The van der Waals surface area contributed by atoms with Crippen molar-refractivity contribution in [3.63, 3.8) is 0 Å². The van der Waals surface area contributed by atoms with E-state index in [1.807, 2.05) is 30.7 Å². The summed E-state index contributed by atoms with van der Waals surface area (Å²) in [6.07, 6.45) is 2.09. The second-order valence-electron chi connectivity index (χ2n) is 4.79. The summed E-state index contributed by atoms with van der Waals surface area (Å²) in [7, 11) is 0. The summed E-state index contributed by atoms with van der Waals surface area (Å²) in [5.41, 5.74) is 0. The van der Waals surface area contributed by atoms with Crippen LogP contribution in [0.1, 0.15) is 31.2 Å². The van der Waals surface area contributed by atoms with Gasteiger partial charge < -0.3 is 15.7 Å². The van der Waals surface area contributed by atoms with E-state index in [-0.39, 0.29) is 42.2 Å². The molecule has 3 atom stereocenters. The Morgan fingerprint density at radius 2 is 2.14 bits per heavy atom. The summed E-state index contributed by atoms with van der Waals surface area (Å²) >= 11 is 3.03. The molecule has 3 N–H and O–H groups in total. The zero-order valence-corrected chi connectivity index (χ0v) is 14.1. The highest BCUT2D eigenvalue weighted by Gasteiger charge is 2.21. The number of carbonyl (C=O) groups excluding carboxylic acids is 2. The third-order valence-corrected chi connectivity index (χ3v) is 5.23. The van der Waals surface area contributed by atoms with Crippen molar-refractivity contribution in [1.82, 2.24) is 10.6 Å². The average molecular weight is 330 g/mol. The quantitative estimate of drug-likeness (QED) is 0.676. The molecule has 7 heteroatoms. The molecule has 0 spiro atoms. The van der Waals surface area contributed by atoms with Crippen LogP contribution in [0.4, 0.5) is 0 Å². The molecule has 1 aromatic heterocycles. The van der Waals surface area contributed by atoms with E-state index in [2.05, 4.69) is 10.6 Å². The van der Waals surface area contributed by atoms with Gasteiger partial charge in [0.05, 0.1) is 19.1 Å². The zero-order valence-electron chi connectivity index (χ0n) is 12.5. The number of nitrogens with one attached hydrogen (secondary N) is 2. The summed E-state index contributed by atoms with van der Waals surface area (Å²) in [5, 5.41) is 16.8. The van der Waals surface area contributed by atoms with Crippen molar-refractivity contribution in [3.8, 4) is 0 Å². The van der Waals surface area contributed by atoms with Gasteiger partial charge in [-0.25, -0.2) is 0 Å². The fraction of sp³-hybridized carbons (Fsp3) is 0.571. The summed E-state index contributed by atoms with van der Waals surface area (Å²) in [4.78, 5) is 24.4. The Bertz CT molecular complexity index is 447. The van der Waals surface area contributed by atoms with Crippen LogP contribution in [0.5, 0.6) is 0 Å². The van der Waals surface area contributed by atoms with E-state index < -0.39 is 0 Å². The lowest BCUT2D eigenvalue weighted by atomic mass is 10.1. The number of hydrogen-bond acceptors (Lipinski definition) is 5. The maximum absolute atomic E-state index is 12.1. The molecule has 1 rings (SSSR count). The van der Waals surface area contributed by atoms with E-state index >= 15 is 0 Å². The lowest BCUT2D eigenvalue weighted by molar-refractivity contribution is -0.123. The van der Waals surface area contributed by atoms with Crippen molar-refractivity contribution in [2.45, 2.75) is 37.6 Å². The van der Waals surface area contributed by atoms with Crippen LogP contribution in [0, 0.1) is 0 Å². The second kappa shape index (κ2) is 9.07. The number of aliphatic hydroxyl groups is 1. The Morgan fingerprint density at radius 3 is 2.62 bits per heavy atom. The molecule has 1 aromatic rings. The predicted octanol–water partition coefficient (Wildman–Crippen LogP) is 1.54. The molecule has 0 saturated heterocycles. The second-order valence-corrected chi connectivity index (χ2v) is 6.84. The van der Waals surface area contributed by atoms with Crippen molar-refractivity contribution in [3.05, 3.63) is 22.4 Å². The summed E-state index contributed by atoms with van der Waals surface area (Å²) in [6, 6.07) is 3.36. The minimum atomic E-state index is -0.309. The predicted molar refractivity (Wildman–Crippen MR) is 87.5 cm³/mol. The molecular weight excluding hydrogens is 308 g/mol. The molecule has 0 saturated carbocycles. The summed E-state index contributed by atoms with van der Waals surface area (Å²) < 4.78 is 0. The third kappa shape index (κ3) is 6.07. The molecule has 118 valence electrons. The monoisotopic (exact) mass is 330 g/mol. The molecule has 0 radical (unpaired) electrons. The Labute approximate surface area is 133 Å². The van der Waals surface area contributed by atoms with Gasteiger partial charge in [-0.1, -0.05) is 6.07 Å². The normalized spacial score (nSPS) is 15.0. The van der Waals surface area contributed by atoms with Crippen molar-refractivity contribution in [2.24, 2.45) is 0 Å². The Kier molecular flexibility index (Phi) is 7.77. The van der Waals surface area contributed by atoms with Gasteiger partial charge >= 0.3 is 0 Å². The van der Waals surface area contributed by atoms with Gasteiger partial charge in [0, 0.05) is 23.1 Å². The number of thioether (sulfide) groups is 1. The topological polar surface area (TPSA) is 78.4 Å². The van der Waals surface area contributed by atoms with Crippen molar-refractivity contribution >= 4 is 34.9 Å². The van der Waals surface area contributed by atoms with E-state index in [1.54, 1.807) is 0 Å². The Hall–Kier alpha value is -1.05. The first kappa shape index (κ1) is 18.0. The molecule has 0 bridgehead atoms. The Morgan fingerprint density at radius 1 is 1.43 bits per heavy atom. The first-order chi connectivity index (χ1) is 9.97. The highest BCUT2D eigenvalue weighted by Crippen LogP contribution is 2.22. The Balaban J connectivity index is 2.62. The van der Waals surface area contributed by atoms with Gasteiger partial charge in [-0.05, 0) is 24.6 Å². The summed E-state index contributed by atoms with van der Waals surface area (Å²) in [5.74, 6) is -0.297. The van der Waals surface area contributed by atoms with Gasteiger partial charge in [0.25, 0.3) is 0 Å². The van der Waals surface area contributed by atoms with E-state index in [1.165, 1.54) is 30.0 Å². The van der Waals surface area contributed by atoms with E-state index in [4.69, 9.17) is 0 Å². The molecule has 1 heterocycles. The fourth-order valence-electron chi connectivity index (χ4n) is 1.99. The molecule has 0 fully saturated rings. The van der Waals surface area contributed by atoms with E-state index in [0.29, 0.717) is 0 Å². The largest absolute Gasteiger partial charge is 0.395 e. The molecule has 5 nitrogen and oxygen atoms in total. The highest BCUT2D eigenvalue weighted by molar-refractivity contribution is 7.99. The van der Waals surface area contributed by atoms with Crippen LogP contribution in [0.3, 0.4) is 0 Å². The van der Waals surface area contributed by atoms with Crippen LogP contribution in [0.25, 0.3) is 0 Å². The van der Waals surface area contributed by atoms with Crippen LogP contribution in [0.2, 0.25) is 0 Å². The minimum Gasteiger partial charge on any atom is -0.395 e. The fourth-order valence-corrected chi connectivity index (χ4v) is 3.39. The van der Waals surface area contributed by atoms with Crippen molar-refractivity contribution in [2.75, 3.05) is 12.9 Å². The number of amides is 2. The molecule has 21 heavy (non-hydrogen) atoms. The van der Waals surface area contributed by atoms with Gasteiger partial charge in [-0.2, -0.15) is 11.8 Å². The van der Waals surface area contributed by atoms with Gasteiger partial charge in [0.2, 0.25) is 11.8 Å². The zero-order chi connectivity index (χ0) is 15.8. The highest BCUT2D eigenvalue weighted by atomic mass is 32.2. The van der Waals surface area contributed by atoms with Crippen LogP contribution in [-0.2, 0) is 9.59 Å². The number of rotatable bonds is 8. The van der Waals surface area contributed by atoms with Gasteiger partial charge in [0.1, 0.15) is 0 Å². The lowest BCUT2D eigenvalue weighted by Gasteiger charge is -2.23. The van der Waals surface area contributed by atoms with Crippen LogP contribution in [0.15, 0.2) is 17.5 Å². The molecule has 0 aliphatic carbocycles. The minimum absolute atomic E-state index is 0.0165. The molecule has 2 amide bonds. The van der Waals surface area contributed by atoms with E-state index in [0.717, 1.165) is 4.88 Å². The van der Waals surface area contributed by atoms with Crippen molar-refractivity contribution in [1.29, 1.82) is 0 Å². The summed E-state index contributed by atoms with van der Waals surface area (Å²) in [6.45, 7) is 3.33. The van der Waals surface area contributed by atoms with Gasteiger partial charge in [-0.15, -0.1) is 11.3 Å². The average Bonchev–Trinajstić information content (AvgIpc) is 2.92. The van der Waals surface area contributed by atoms with Crippen LogP contribution in [-0.4, -0.2) is 41.1 Å². The first-order valence-corrected chi connectivity index (χ1v) is 8.88. The number of thiophene rings is 1. The van der Waals surface area contributed by atoms with Gasteiger partial charge in [-0.3, -0.25) is 9.59 Å². The molecule has 0 aliphatic rings. The van der Waals surface area contributed by atoms with Crippen LogP contribution >= 0.6 is 23.1 Å². The van der Waals surface area contributed by atoms with Crippen LogP contribution < -0.4 is 10.6 Å². The molecule has 0 aromatic carbocycles. The smallest absolute Gasteiger partial charge is 0.222 e. The van der Waals surface area contributed by atoms with E-state index in [9.17, 15) is 14.7 Å².